The van der Waals surface area contributed by atoms with Gasteiger partial charge in [-0.05, 0) is 31.0 Å². The summed E-state index contributed by atoms with van der Waals surface area (Å²) in [6.07, 6.45) is 3.61. The number of halogens is 1. The van der Waals surface area contributed by atoms with Gasteiger partial charge in [0.05, 0.1) is 21.7 Å². The van der Waals surface area contributed by atoms with Crippen molar-refractivity contribution in [2.45, 2.75) is 32.1 Å². The van der Waals surface area contributed by atoms with Crippen molar-refractivity contribution in [3.63, 3.8) is 0 Å². The van der Waals surface area contributed by atoms with Crippen LogP contribution < -0.4 is 4.90 Å². The largest absolute Gasteiger partial charge is 0.478 e. The van der Waals surface area contributed by atoms with E-state index in [9.17, 15) is 14.4 Å². The van der Waals surface area contributed by atoms with Crippen molar-refractivity contribution in [1.82, 2.24) is 0 Å². The van der Waals surface area contributed by atoms with E-state index in [2.05, 4.69) is 0 Å². The van der Waals surface area contributed by atoms with Gasteiger partial charge in [0, 0.05) is 6.42 Å². The number of hydrogen-bond donors (Lipinski definition) is 1. The third-order valence-electron chi connectivity index (χ3n) is 4.39. The van der Waals surface area contributed by atoms with Crippen LogP contribution in [0.2, 0.25) is 5.02 Å². The fourth-order valence-electron chi connectivity index (χ4n) is 3.30. The third-order valence-corrected chi connectivity index (χ3v) is 4.69. The summed E-state index contributed by atoms with van der Waals surface area (Å²) < 4.78 is 0. The molecule has 1 saturated carbocycles. The van der Waals surface area contributed by atoms with Gasteiger partial charge >= 0.3 is 5.97 Å². The van der Waals surface area contributed by atoms with E-state index in [0.717, 1.165) is 30.6 Å². The van der Waals surface area contributed by atoms with Gasteiger partial charge in [-0.3, -0.25) is 9.59 Å². The van der Waals surface area contributed by atoms with Crippen molar-refractivity contribution in [2.24, 2.45) is 5.41 Å². The number of benzene rings is 1. The monoisotopic (exact) mass is 307 g/mol. The van der Waals surface area contributed by atoms with Gasteiger partial charge in [0.15, 0.2) is 0 Å². The number of carbonyl (C=O) groups excluding carboxylic acids is 2. The van der Waals surface area contributed by atoms with E-state index in [1.165, 1.54) is 18.2 Å². The molecule has 1 aromatic carbocycles. The second kappa shape index (κ2) is 4.84. The lowest BCUT2D eigenvalue weighted by atomic mass is 9.84. The SMILES string of the molecule is O=C(O)c1ccc(N2C(=O)CC3(CCCC3)C2=O)c(Cl)c1. The molecule has 1 aliphatic carbocycles. The molecule has 1 heterocycles. The molecular formula is C15H14ClNO4. The molecule has 2 amide bonds. The minimum atomic E-state index is -1.10. The highest BCUT2D eigenvalue weighted by atomic mass is 35.5. The zero-order valence-corrected chi connectivity index (χ0v) is 12.0. The van der Waals surface area contributed by atoms with Crippen LogP contribution >= 0.6 is 11.6 Å². The fraction of sp³-hybridized carbons (Fsp3) is 0.400. The predicted molar refractivity (Wildman–Crippen MR) is 76.4 cm³/mol. The maximum Gasteiger partial charge on any atom is 0.335 e. The van der Waals surface area contributed by atoms with Crippen LogP contribution in [0.15, 0.2) is 18.2 Å². The molecular weight excluding hydrogens is 294 g/mol. The Morgan fingerprint density at radius 3 is 2.48 bits per heavy atom. The minimum absolute atomic E-state index is 0.0263. The number of nitrogens with zero attached hydrogens (tertiary/aromatic N) is 1. The van der Waals surface area contributed by atoms with Crippen molar-refractivity contribution >= 4 is 35.1 Å². The molecule has 1 spiro atoms. The van der Waals surface area contributed by atoms with Crippen LogP contribution in [0, 0.1) is 5.41 Å². The molecule has 0 aromatic heterocycles. The summed E-state index contributed by atoms with van der Waals surface area (Å²) in [4.78, 5) is 36.9. The molecule has 3 rings (SSSR count). The van der Waals surface area contributed by atoms with Crippen molar-refractivity contribution in [3.8, 4) is 0 Å². The Morgan fingerprint density at radius 2 is 1.90 bits per heavy atom. The van der Waals surface area contributed by atoms with E-state index < -0.39 is 11.4 Å². The average molecular weight is 308 g/mol. The molecule has 6 heteroatoms. The lowest BCUT2D eigenvalue weighted by Gasteiger charge is -2.21. The molecule has 1 aromatic rings. The van der Waals surface area contributed by atoms with Crippen LogP contribution in [-0.2, 0) is 9.59 Å². The van der Waals surface area contributed by atoms with Crippen LogP contribution in [0.4, 0.5) is 5.69 Å². The van der Waals surface area contributed by atoms with Crippen molar-refractivity contribution < 1.29 is 19.5 Å². The molecule has 2 aliphatic rings. The number of carboxylic acid groups (broad SMARTS) is 1. The van der Waals surface area contributed by atoms with Gasteiger partial charge in [-0.1, -0.05) is 24.4 Å². The molecule has 5 nitrogen and oxygen atoms in total. The summed E-state index contributed by atoms with van der Waals surface area (Å²) in [5.41, 5.74) is -0.259. The molecule has 0 bridgehead atoms. The second-order valence-electron chi connectivity index (χ2n) is 5.67. The first-order valence-electron chi connectivity index (χ1n) is 6.85. The van der Waals surface area contributed by atoms with E-state index in [4.69, 9.17) is 16.7 Å². The molecule has 0 unspecified atom stereocenters. The van der Waals surface area contributed by atoms with Gasteiger partial charge in [-0.15, -0.1) is 0 Å². The normalized spacial score (nSPS) is 20.5. The molecule has 2 fully saturated rings. The van der Waals surface area contributed by atoms with Crippen LogP contribution in [0.3, 0.4) is 0 Å². The number of aromatic carboxylic acids is 1. The van der Waals surface area contributed by atoms with E-state index >= 15 is 0 Å². The van der Waals surface area contributed by atoms with Crippen LogP contribution in [0.5, 0.6) is 0 Å². The molecule has 1 aliphatic heterocycles. The van der Waals surface area contributed by atoms with E-state index in [1.807, 2.05) is 0 Å². The van der Waals surface area contributed by atoms with Gasteiger partial charge in [-0.25, -0.2) is 9.69 Å². The topological polar surface area (TPSA) is 74.7 Å². The first kappa shape index (κ1) is 14.1. The quantitative estimate of drug-likeness (QED) is 0.853. The van der Waals surface area contributed by atoms with Gasteiger partial charge < -0.3 is 5.11 Å². The Hall–Kier alpha value is -1.88. The molecule has 21 heavy (non-hydrogen) atoms. The smallest absolute Gasteiger partial charge is 0.335 e. The fourth-order valence-corrected chi connectivity index (χ4v) is 3.57. The summed E-state index contributed by atoms with van der Waals surface area (Å²) >= 11 is 6.07. The summed E-state index contributed by atoms with van der Waals surface area (Å²) in [5.74, 6) is -1.56. The molecule has 1 N–H and O–H groups in total. The van der Waals surface area contributed by atoms with E-state index in [-0.39, 0.29) is 34.5 Å². The molecule has 1 saturated heterocycles. The van der Waals surface area contributed by atoms with Gasteiger partial charge in [-0.2, -0.15) is 0 Å². The van der Waals surface area contributed by atoms with Gasteiger partial charge in [0.1, 0.15) is 0 Å². The molecule has 0 radical (unpaired) electrons. The number of carboxylic acids is 1. The third kappa shape index (κ3) is 2.12. The van der Waals surface area contributed by atoms with Crippen molar-refractivity contribution in [2.75, 3.05) is 4.90 Å². The van der Waals surface area contributed by atoms with Crippen molar-refractivity contribution in [3.05, 3.63) is 28.8 Å². The number of rotatable bonds is 2. The Kier molecular flexibility index (Phi) is 3.24. The average Bonchev–Trinajstić information content (AvgIpc) is 2.98. The lowest BCUT2D eigenvalue weighted by molar-refractivity contribution is -0.125. The first-order valence-corrected chi connectivity index (χ1v) is 7.23. The van der Waals surface area contributed by atoms with Crippen LogP contribution in [-0.4, -0.2) is 22.9 Å². The number of anilines is 1. The number of hydrogen-bond acceptors (Lipinski definition) is 3. The summed E-state index contributed by atoms with van der Waals surface area (Å²) in [6, 6.07) is 4.04. The number of amides is 2. The van der Waals surface area contributed by atoms with Crippen LogP contribution in [0.25, 0.3) is 0 Å². The maximum atomic E-state index is 12.6. The Morgan fingerprint density at radius 1 is 1.24 bits per heavy atom. The van der Waals surface area contributed by atoms with E-state index in [1.54, 1.807) is 0 Å². The lowest BCUT2D eigenvalue weighted by Crippen LogP contribution is -2.34. The van der Waals surface area contributed by atoms with E-state index in [0.29, 0.717) is 0 Å². The zero-order valence-electron chi connectivity index (χ0n) is 11.3. The second-order valence-corrected chi connectivity index (χ2v) is 6.08. The van der Waals surface area contributed by atoms with Crippen LogP contribution in [0.1, 0.15) is 42.5 Å². The first-order chi connectivity index (χ1) is 9.94. The van der Waals surface area contributed by atoms with Crippen molar-refractivity contribution in [1.29, 1.82) is 0 Å². The van der Waals surface area contributed by atoms with Gasteiger partial charge in [0.25, 0.3) is 0 Å². The molecule has 110 valence electrons. The predicted octanol–water partition coefficient (Wildman–Crippen LogP) is 2.86. The summed E-state index contributed by atoms with van der Waals surface area (Å²) in [6.45, 7) is 0. The highest BCUT2D eigenvalue weighted by Gasteiger charge is 2.53. The summed E-state index contributed by atoms with van der Waals surface area (Å²) in [5, 5.41) is 9.03. The zero-order chi connectivity index (χ0) is 15.2. The Labute approximate surface area is 126 Å². The highest BCUT2D eigenvalue weighted by Crippen LogP contribution is 2.48. The highest BCUT2D eigenvalue weighted by molar-refractivity contribution is 6.36. The maximum absolute atomic E-state index is 12.6. The minimum Gasteiger partial charge on any atom is -0.478 e. The number of imide groups is 1. The van der Waals surface area contributed by atoms with Gasteiger partial charge in [0.2, 0.25) is 11.8 Å². The Bertz CT molecular complexity index is 649. The standard InChI is InChI=1S/C15H14ClNO4/c16-10-7-9(13(19)20)3-4-11(10)17-12(18)8-15(14(17)21)5-1-2-6-15/h3-4,7H,1-2,5-6,8H2,(H,19,20). The number of carbonyl (C=O) groups is 3. The Balaban J connectivity index is 1.99. The summed E-state index contributed by atoms with van der Waals surface area (Å²) in [7, 11) is 0. The molecule has 0 atom stereocenters.